The molecule has 172 valence electrons. The van der Waals surface area contributed by atoms with E-state index in [2.05, 4.69) is 20.4 Å². The van der Waals surface area contributed by atoms with Crippen LogP contribution in [0.5, 0.6) is 11.5 Å². The monoisotopic (exact) mass is 437 g/mol. The SMILES string of the molecule is C=C(C)c1cc(C(=O)N(C)Cc2cccc(C=O)c2)c(OCCCC)cc1OCCCC. The Balaban J connectivity index is 2.37. The largest absolute Gasteiger partial charge is 0.493 e. The molecule has 0 N–H and O–H groups in total. The second kappa shape index (κ2) is 12.7. The first-order chi connectivity index (χ1) is 15.4. The van der Waals surface area contributed by atoms with Crippen LogP contribution >= 0.6 is 0 Å². The Morgan fingerprint density at radius 2 is 1.62 bits per heavy atom. The smallest absolute Gasteiger partial charge is 0.257 e. The summed E-state index contributed by atoms with van der Waals surface area (Å²) in [6, 6.07) is 10.9. The van der Waals surface area contributed by atoms with Crippen LogP contribution in [0.4, 0.5) is 0 Å². The lowest BCUT2D eigenvalue weighted by molar-refractivity contribution is 0.0780. The van der Waals surface area contributed by atoms with Crippen LogP contribution in [0.3, 0.4) is 0 Å². The minimum atomic E-state index is -0.157. The van der Waals surface area contributed by atoms with Crippen molar-refractivity contribution in [3.63, 3.8) is 0 Å². The molecule has 0 aliphatic heterocycles. The highest BCUT2D eigenvalue weighted by atomic mass is 16.5. The van der Waals surface area contributed by atoms with Gasteiger partial charge < -0.3 is 14.4 Å². The molecule has 0 aromatic heterocycles. The van der Waals surface area contributed by atoms with E-state index in [1.165, 1.54) is 0 Å². The van der Waals surface area contributed by atoms with Gasteiger partial charge in [0, 0.05) is 30.8 Å². The van der Waals surface area contributed by atoms with Crippen molar-refractivity contribution in [1.82, 2.24) is 4.90 Å². The third-order valence-electron chi connectivity index (χ3n) is 5.14. The summed E-state index contributed by atoms with van der Waals surface area (Å²) in [6.45, 7) is 11.7. The Kier molecular flexibility index (Phi) is 9.99. The number of carbonyl (C=O) groups excluding carboxylic acids is 2. The van der Waals surface area contributed by atoms with Gasteiger partial charge in [-0.15, -0.1) is 0 Å². The van der Waals surface area contributed by atoms with Gasteiger partial charge in [0.15, 0.2) is 0 Å². The van der Waals surface area contributed by atoms with E-state index in [0.717, 1.165) is 48.7 Å². The van der Waals surface area contributed by atoms with E-state index < -0.39 is 0 Å². The molecule has 0 aliphatic rings. The summed E-state index contributed by atoms with van der Waals surface area (Å²) in [4.78, 5) is 26.1. The van der Waals surface area contributed by atoms with Crippen LogP contribution in [0.2, 0.25) is 0 Å². The lowest BCUT2D eigenvalue weighted by atomic mass is 10.0. The fourth-order valence-corrected chi connectivity index (χ4v) is 3.27. The van der Waals surface area contributed by atoms with Crippen LogP contribution in [0, 0.1) is 0 Å². The lowest BCUT2D eigenvalue weighted by Gasteiger charge is -2.22. The summed E-state index contributed by atoms with van der Waals surface area (Å²) in [6.07, 6.45) is 4.69. The average molecular weight is 438 g/mol. The molecule has 0 radical (unpaired) electrons. The van der Waals surface area contributed by atoms with Gasteiger partial charge in [-0.2, -0.15) is 0 Å². The van der Waals surface area contributed by atoms with E-state index in [1.807, 2.05) is 31.2 Å². The molecule has 2 rings (SSSR count). The molecular formula is C27H35NO4. The molecule has 0 heterocycles. The molecule has 32 heavy (non-hydrogen) atoms. The van der Waals surface area contributed by atoms with Crippen LogP contribution < -0.4 is 9.47 Å². The first-order valence-electron chi connectivity index (χ1n) is 11.3. The van der Waals surface area contributed by atoms with Crippen molar-refractivity contribution >= 4 is 17.8 Å². The molecule has 0 saturated carbocycles. The number of rotatable bonds is 13. The van der Waals surface area contributed by atoms with Crippen LogP contribution in [0.15, 0.2) is 43.0 Å². The van der Waals surface area contributed by atoms with Gasteiger partial charge in [-0.1, -0.05) is 51.5 Å². The molecule has 0 fully saturated rings. The van der Waals surface area contributed by atoms with Crippen molar-refractivity contribution < 1.29 is 19.1 Å². The molecule has 1 amide bonds. The Morgan fingerprint density at radius 1 is 1.00 bits per heavy atom. The maximum atomic E-state index is 13.4. The van der Waals surface area contributed by atoms with Gasteiger partial charge in [0.25, 0.3) is 5.91 Å². The first-order valence-corrected chi connectivity index (χ1v) is 11.3. The van der Waals surface area contributed by atoms with E-state index in [-0.39, 0.29) is 5.91 Å². The Morgan fingerprint density at radius 3 is 2.19 bits per heavy atom. The Hall–Kier alpha value is -3.08. The van der Waals surface area contributed by atoms with Gasteiger partial charge in [0.1, 0.15) is 17.8 Å². The molecule has 0 unspecified atom stereocenters. The van der Waals surface area contributed by atoms with E-state index in [1.54, 1.807) is 24.1 Å². The highest BCUT2D eigenvalue weighted by Crippen LogP contribution is 2.34. The van der Waals surface area contributed by atoms with Crippen LogP contribution in [-0.2, 0) is 6.54 Å². The third-order valence-corrected chi connectivity index (χ3v) is 5.14. The molecule has 5 nitrogen and oxygen atoms in total. The van der Waals surface area contributed by atoms with Crippen LogP contribution in [0.25, 0.3) is 5.57 Å². The summed E-state index contributed by atoms with van der Waals surface area (Å²) in [5.41, 5.74) is 3.59. The summed E-state index contributed by atoms with van der Waals surface area (Å²) < 4.78 is 12.0. The number of hydrogen-bond donors (Lipinski definition) is 0. The molecule has 2 aromatic carbocycles. The molecule has 5 heteroatoms. The first kappa shape index (κ1) is 25.2. The number of nitrogens with zero attached hydrogens (tertiary/aromatic N) is 1. The minimum Gasteiger partial charge on any atom is -0.493 e. The zero-order valence-electron chi connectivity index (χ0n) is 19.8. The second-order valence-corrected chi connectivity index (χ2v) is 8.05. The Bertz CT molecular complexity index is 935. The van der Waals surface area contributed by atoms with Gasteiger partial charge >= 0.3 is 0 Å². The third kappa shape index (κ3) is 6.98. The van der Waals surface area contributed by atoms with Crippen molar-refractivity contribution in [2.75, 3.05) is 20.3 Å². The normalized spacial score (nSPS) is 10.5. The number of carbonyl (C=O) groups is 2. The number of allylic oxidation sites excluding steroid dienone is 1. The number of aldehydes is 1. The van der Waals surface area contributed by atoms with E-state index in [0.29, 0.717) is 42.4 Å². The van der Waals surface area contributed by atoms with E-state index >= 15 is 0 Å². The molecule has 0 bridgehead atoms. The van der Waals surface area contributed by atoms with Crippen LogP contribution in [-0.4, -0.2) is 37.4 Å². The highest BCUT2D eigenvalue weighted by molar-refractivity contribution is 5.98. The molecule has 0 spiro atoms. The average Bonchev–Trinajstić information content (AvgIpc) is 2.79. The van der Waals surface area contributed by atoms with Gasteiger partial charge in [-0.25, -0.2) is 0 Å². The molecule has 0 aliphatic carbocycles. The zero-order chi connectivity index (χ0) is 23.5. The molecule has 0 saturated heterocycles. The number of unbranched alkanes of at least 4 members (excludes halogenated alkanes) is 2. The quantitative estimate of drug-likeness (QED) is 0.278. The molecular weight excluding hydrogens is 402 g/mol. The van der Waals surface area contributed by atoms with Crippen molar-refractivity contribution in [1.29, 1.82) is 0 Å². The number of amides is 1. The maximum absolute atomic E-state index is 13.4. The minimum absolute atomic E-state index is 0.157. The fourth-order valence-electron chi connectivity index (χ4n) is 3.27. The molecule has 0 atom stereocenters. The van der Waals surface area contributed by atoms with Crippen molar-refractivity contribution in [2.24, 2.45) is 0 Å². The standard InChI is InChI=1S/C27H35NO4/c1-6-8-13-31-25-17-26(32-14-9-7-2)24(16-23(25)20(3)4)27(30)28(5)18-21-11-10-12-22(15-21)19-29/h10-12,15-17,19H,3,6-9,13-14,18H2,1-2,4-5H3. The predicted molar refractivity (Wildman–Crippen MR) is 130 cm³/mol. The summed E-state index contributed by atoms with van der Waals surface area (Å²) in [5, 5.41) is 0. The maximum Gasteiger partial charge on any atom is 0.257 e. The summed E-state index contributed by atoms with van der Waals surface area (Å²) in [7, 11) is 1.75. The van der Waals surface area contributed by atoms with Gasteiger partial charge in [-0.05, 0) is 43.0 Å². The Labute approximate surface area is 192 Å². The number of ether oxygens (including phenoxy) is 2. The van der Waals surface area contributed by atoms with E-state index in [9.17, 15) is 9.59 Å². The summed E-state index contributed by atoms with van der Waals surface area (Å²) in [5.74, 6) is 1.05. The fraction of sp³-hybridized carbons (Fsp3) is 0.407. The van der Waals surface area contributed by atoms with Crippen molar-refractivity contribution in [3.8, 4) is 11.5 Å². The molecule has 2 aromatic rings. The topological polar surface area (TPSA) is 55.8 Å². The zero-order valence-corrected chi connectivity index (χ0v) is 19.8. The van der Waals surface area contributed by atoms with E-state index in [4.69, 9.17) is 9.47 Å². The van der Waals surface area contributed by atoms with Crippen molar-refractivity contribution in [3.05, 3.63) is 65.2 Å². The van der Waals surface area contributed by atoms with Crippen LogP contribution in [0.1, 0.15) is 78.3 Å². The number of benzene rings is 2. The highest BCUT2D eigenvalue weighted by Gasteiger charge is 2.21. The van der Waals surface area contributed by atoms with Gasteiger partial charge in [0.05, 0.1) is 18.8 Å². The second-order valence-electron chi connectivity index (χ2n) is 8.05. The van der Waals surface area contributed by atoms with Gasteiger partial charge in [0.2, 0.25) is 0 Å². The summed E-state index contributed by atoms with van der Waals surface area (Å²) >= 11 is 0. The van der Waals surface area contributed by atoms with Gasteiger partial charge in [-0.3, -0.25) is 9.59 Å². The lowest BCUT2D eigenvalue weighted by Crippen LogP contribution is -2.27. The predicted octanol–water partition coefficient (Wildman–Crippen LogP) is 6.16. The van der Waals surface area contributed by atoms with Crippen molar-refractivity contribution in [2.45, 2.75) is 53.0 Å². The number of hydrogen-bond acceptors (Lipinski definition) is 4.